The summed E-state index contributed by atoms with van der Waals surface area (Å²) in [5.41, 5.74) is 1.69. The van der Waals surface area contributed by atoms with Gasteiger partial charge in [-0.05, 0) is 31.7 Å². The van der Waals surface area contributed by atoms with Crippen molar-refractivity contribution < 1.29 is 4.79 Å². The molecule has 1 aliphatic rings. The zero-order valence-electron chi connectivity index (χ0n) is 14.5. The van der Waals surface area contributed by atoms with Crippen molar-refractivity contribution in [2.45, 2.75) is 43.6 Å². The van der Waals surface area contributed by atoms with Gasteiger partial charge in [0, 0.05) is 30.6 Å². The Labute approximate surface area is 152 Å². The topological polar surface area (TPSA) is 55.2 Å². The Morgan fingerprint density at radius 2 is 1.88 bits per heavy atom. The smallest absolute Gasteiger partial charge is 0.254 e. The molecule has 1 fully saturated rings. The van der Waals surface area contributed by atoms with Crippen LogP contribution >= 0.6 is 11.8 Å². The quantitative estimate of drug-likeness (QED) is 0.610. The molecule has 0 bridgehead atoms. The molecular weight excluding hydrogens is 334 g/mol. The van der Waals surface area contributed by atoms with Crippen LogP contribution in [0.15, 0.2) is 46.3 Å². The van der Waals surface area contributed by atoms with E-state index in [9.17, 15) is 9.59 Å². The normalized spacial score (nSPS) is 14.5. The first-order valence-corrected chi connectivity index (χ1v) is 9.65. The number of benzene rings is 1. The van der Waals surface area contributed by atoms with E-state index in [4.69, 9.17) is 0 Å². The Morgan fingerprint density at radius 1 is 1.16 bits per heavy atom. The van der Waals surface area contributed by atoms with Gasteiger partial charge >= 0.3 is 0 Å². The minimum absolute atomic E-state index is 0.00835. The summed E-state index contributed by atoms with van der Waals surface area (Å²) in [5.74, 6) is 0.725. The number of rotatable bonds is 5. The highest BCUT2D eigenvalue weighted by Gasteiger charge is 2.19. The molecule has 1 aromatic carbocycles. The third kappa shape index (κ3) is 4.72. The van der Waals surface area contributed by atoms with Crippen molar-refractivity contribution in [3.8, 4) is 0 Å². The van der Waals surface area contributed by atoms with E-state index >= 15 is 0 Å². The number of carbonyl (C=O) groups is 1. The van der Waals surface area contributed by atoms with Gasteiger partial charge in [-0.2, -0.15) is 0 Å². The first-order valence-electron chi connectivity index (χ1n) is 8.66. The molecule has 0 N–H and O–H groups in total. The number of carbonyl (C=O) groups excluding carboxylic acids is 1. The molecule has 1 amide bonds. The maximum atomic E-state index is 12.6. The van der Waals surface area contributed by atoms with Crippen molar-refractivity contribution >= 4 is 17.7 Å². The lowest BCUT2D eigenvalue weighted by atomic mass is 10.1. The highest BCUT2D eigenvalue weighted by Crippen LogP contribution is 2.20. The number of thioether (sulfide) groups is 1. The first-order chi connectivity index (χ1) is 12.1. The minimum atomic E-state index is -0.159. The van der Waals surface area contributed by atoms with E-state index < -0.39 is 0 Å². The minimum Gasteiger partial charge on any atom is -0.341 e. The van der Waals surface area contributed by atoms with Gasteiger partial charge < -0.3 is 4.90 Å². The van der Waals surface area contributed by atoms with Crippen molar-refractivity contribution in [1.29, 1.82) is 0 Å². The second-order valence-corrected chi connectivity index (χ2v) is 7.26. The Bertz CT molecular complexity index is 783. The van der Waals surface area contributed by atoms with Crippen molar-refractivity contribution in [3.05, 3.63) is 58.0 Å². The lowest BCUT2D eigenvalue weighted by Crippen LogP contribution is -2.40. The summed E-state index contributed by atoms with van der Waals surface area (Å²) in [5, 5.41) is 0.610. The highest BCUT2D eigenvalue weighted by atomic mass is 32.2. The highest BCUT2D eigenvalue weighted by molar-refractivity contribution is 7.98. The van der Waals surface area contributed by atoms with E-state index in [-0.39, 0.29) is 18.0 Å². The maximum Gasteiger partial charge on any atom is 0.254 e. The predicted molar refractivity (Wildman–Crippen MR) is 99.7 cm³/mol. The summed E-state index contributed by atoms with van der Waals surface area (Å²) >= 11 is 1.50. The van der Waals surface area contributed by atoms with E-state index in [2.05, 4.69) is 4.98 Å². The number of piperidine rings is 1. The fraction of sp³-hybridized carbons (Fsp3) is 0.421. The molecule has 2 aromatic rings. The van der Waals surface area contributed by atoms with Gasteiger partial charge in [-0.25, -0.2) is 4.98 Å². The van der Waals surface area contributed by atoms with Gasteiger partial charge in [-0.1, -0.05) is 42.1 Å². The molecule has 0 radical (unpaired) electrons. The summed E-state index contributed by atoms with van der Waals surface area (Å²) in [7, 11) is 0. The Hall–Kier alpha value is -2.08. The number of nitrogens with zero attached hydrogens (tertiary/aromatic N) is 3. The summed E-state index contributed by atoms with van der Waals surface area (Å²) in [4.78, 5) is 31.4. The summed E-state index contributed by atoms with van der Waals surface area (Å²) < 4.78 is 1.51. The summed E-state index contributed by atoms with van der Waals surface area (Å²) in [6.45, 7) is 3.47. The maximum absolute atomic E-state index is 12.6. The van der Waals surface area contributed by atoms with Gasteiger partial charge in [0.15, 0.2) is 5.16 Å². The van der Waals surface area contributed by atoms with Crippen LogP contribution in [-0.4, -0.2) is 33.4 Å². The number of likely N-dealkylation sites (tertiary alicyclic amines) is 1. The fourth-order valence-electron chi connectivity index (χ4n) is 2.95. The Balaban J connectivity index is 1.77. The average molecular weight is 357 g/mol. The molecule has 3 rings (SSSR count). The average Bonchev–Trinajstić information content (AvgIpc) is 2.64. The van der Waals surface area contributed by atoms with Crippen molar-refractivity contribution in [2.24, 2.45) is 0 Å². The van der Waals surface area contributed by atoms with Crippen molar-refractivity contribution in [2.75, 3.05) is 13.1 Å². The second kappa shape index (κ2) is 8.34. The number of aryl methyl sites for hydroxylation is 1. The number of hydrogen-bond donors (Lipinski definition) is 0. The molecule has 25 heavy (non-hydrogen) atoms. The Kier molecular flexibility index (Phi) is 5.91. The van der Waals surface area contributed by atoms with E-state index in [1.54, 1.807) is 0 Å². The van der Waals surface area contributed by atoms with Crippen LogP contribution in [0.2, 0.25) is 0 Å². The van der Waals surface area contributed by atoms with Gasteiger partial charge in [-0.15, -0.1) is 0 Å². The lowest BCUT2D eigenvalue weighted by molar-refractivity contribution is -0.132. The molecule has 1 aliphatic heterocycles. The van der Waals surface area contributed by atoms with Gasteiger partial charge in [0.2, 0.25) is 5.91 Å². The van der Waals surface area contributed by atoms with Crippen molar-refractivity contribution in [3.63, 3.8) is 0 Å². The van der Waals surface area contributed by atoms with Crippen LogP contribution in [0.25, 0.3) is 0 Å². The third-order valence-corrected chi connectivity index (χ3v) is 5.36. The molecule has 132 valence electrons. The zero-order valence-corrected chi connectivity index (χ0v) is 15.3. The molecule has 6 heteroatoms. The standard InChI is InChI=1S/C19H23N3O2S/c1-15-12-17(23)22(13-18(24)21-10-6-3-7-11-21)19(20-15)25-14-16-8-4-2-5-9-16/h2,4-5,8-9,12H,3,6-7,10-11,13-14H2,1H3. The van der Waals surface area contributed by atoms with Crippen LogP contribution < -0.4 is 5.56 Å². The third-order valence-electron chi connectivity index (χ3n) is 4.31. The molecule has 5 nitrogen and oxygen atoms in total. The summed E-state index contributed by atoms with van der Waals surface area (Å²) in [6, 6.07) is 11.6. The number of hydrogen-bond acceptors (Lipinski definition) is 4. The molecule has 0 atom stereocenters. The molecule has 0 aliphatic carbocycles. The molecule has 0 unspecified atom stereocenters. The van der Waals surface area contributed by atoms with Gasteiger partial charge in [0.25, 0.3) is 5.56 Å². The van der Waals surface area contributed by atoms with Gasteiger partial charge in [0.1, 0.15) is 6.54 Å². The fourth-order valence-corrected chi connectivity index (χ4v) is 3.96. The van der Waals surface area contributed by atoms with E-state index in [0.29, 0.717) is 16.6 Å². The van der Waals surface area contributed by atoms with Crippen LogP contribution in [0.3, 0.4) is 0 Å². The van der Waals surface area contributed by atoms with E-state index in [1.807, 2.05) is 42.2 Å². The van der Waals surface area contributed by atoms with Crippen LogP contribution in [0.1, 0.15) is 30.5 Å². The van der Waals surface area contributed by atoms with Crippen LogP contribution in [-0.2, 0) is 17.1 Å². The molecule has 0 spiro atoms. The van der Waals surface area contributed by atoms with Crippen molar-refractivity contribution in [1.82, 2.24) is 14.5 Å². The van der Waals surface area contributed by atoms with Crippen LogP contribution in [0.4, 0.5) is 0 Å². The van der Waals surface area contributed by atoms with E-state index in [1.165, 1.54) is 28.8 Å². The molecular formula is C19H23N3O2S. The number of aromatic nitrogens is 2. The SMILES string of the molecule is Cc1cc(=O)n(CC(=O)N2CCCCC2)c(SCc2ccccc2)n1. The first kappa shape index (κ1) is 17.7. The molecule has 2 heterocycles. The van der Waals surface area contributed by atoms with Crippen LogP contribution in [0, 0.1) is 6.92 Å². The zero-order chi connectivity index (χ0) is 17.6. The van der Waals surface area contributed by atoms with Gasteiger partial charge in [0.05, 0.1) is 0 Å². The number of amides is 1. The second-order valence-electron chi connectivity index (χ2n) is 6.32. The molecule has 1 saturated heterocycles. The van der Waals surface area contributed by atoms with E-state index in [0.717, 1.165) is 31.5 Å². The predicted octanol–water partition coefficient (Wildman–Crippen LogP) is 2.86. The summed E-state index contributed by atoms with van der Waals surface area (Å²) in [6.07, 6.45) is 3.26. The Morgan fingerprint density at radius 3 is 2.60 bits per heavy atom. The molecule has 0 saturated carbocycles. The monoisotopic (exact) mass is 357 g/mol. The van der Waals surface area contributed by atoms with Gasteiger partial charge in [-0.3, -0.25) is 14.2 Å². The van der Waals surface area contributed by atoms with Crippen LogP contribution in [0.5, 0.6) is 0 Å². The molecule has 1 aromatic heterocycles. The largest absolute Gasteiger partial charge is 0.341 e. The lowest BCUT2D eigenvalue weighted by Gasteiger charge is -2.27.